The highest BCUT2D eigenvalue weighted by Gasteiger charge is 2.19. The third kappa shape index (κ3) is 2.66. The molecule has 29 heavy (non-hydrogen) atoms. The molecule has 0 spiro atoms. The second kappa shape index (κ2) is 6.41. The molecule has 0 radical (unpaired) electrons. The highest BCUT2D eigenvalue weighted by atomic mass is 15.4. The van der Waals surface area contributed by atoms with Gasteiger partial charge in [0, 0.05) is 23.5 Å². The zero-order chi connectivity index (χ0) is 19.2. The van der Waals surface area contributed by atoms with E-state index in [9.17, 15) is 0 Å². The molecule has 140 valence electrons. The summed E-state index contributed by atoms with van der Waals surface area (Å²) in [7, 11) is 0. The molecular formula is C24H19N5. The molecular weight excluding hydrogens is 358 g/mol. The lowest BCUT2D eigenvalue weighted by Crippen LogP contribution is -2.03. The molecule has 3 heterocycles. The maximum absolute atomic E-state index is 4.98. The second-order valence-electron chi connectivity index (χ2n) is 7.42. The summed E-state index contributed by atoms with van der Waals surface area (Å²) in [5, 5.41) is 9.19. The Labute approximate surface area is 168 Å². The van der Waals surface area contributed by atoms with Crippen LogP contribution in [-0.2, 0) is 12.8 Å². The molecule has 3 aromatic heterocycles. The van der Waals surface area contributed by atoms with E-state index in [1.807, 2.05) is 35.0 Å². The standard InChI is InChI=1S/C24H19N5/c1-2-6-18(7-3-1)24-23(20-11-10-17-8-4-9-19(17)16-20)26-21-12-13-22(27-29(21)24)28-15-5-14-25-28/h1-3,5-7,10-16H,4,8-9H2. The molecule has 2 aromatic carbocycles. The Morgan fingerprint density at radius 1 is 0.793 bits per heavy atom. The number of nitrogens with zero attached hydrogens (tertiary/aromatic N) is 5. The number of rotatable bonds is 3. The van der Waals surface area contributed by atoms with Gasteiger partial charge < -0.3 is 0 Å². The molecule has 0 aliphatic heterocycles. The first-order valence-corrected chi connectivity index (χ1v) is 9.94. The molecule has 1 aliphatic carbocycles. The van der Waals surface area contributed by atoms with Crippen molar-refractivity contribution in [1.29, 1.82) is 0 Å². The van der Waals surface area contributed by atoms with Gasteiger partial charge in [0.1, 0.15) is 5.69 Å². The van der Waals surface area contributed by atoms with E-state index in [0.717, 1.165) is 40.4 Å². The summed E-state index contributed by atoms with van der Waals surface area (Å²) in [6, 6.07) is 23.0. The van der Waals surface area contributed by atoms with E-state index in [-0.39, 0.29) is 0 Å². The van der Waals surface area contributed by atoms with Crippen molar-refractivity contribution in [2.45, 2.75) is 19.3 Å². The number of aryl methyl sites for hydroxylation is 2. The highest BCUT2D eigenvalue weighted by Crippen LogP contribution is 2.35. The average Bonchev–Trinajstić information content (AvgIpc) is 3.52. The topological polar surface area (TPSA) is 48.0 Å². The zero-order valence-electron chi connectivity index (χ0n) is 15.9. The van der Waals surface area contributed by atoms with Crippen LogP contribution in [0, 0.1) is 0 Å². The lowest BCUT2D eigenvalue weighted by atomic mass is 10.0. The molecule has 1 aliphatic rings. The van der Waals surface area contributed by atoms with Crippen LogP contribution in [0.15, 0.2) is 79.1 Å². The quantitative estimate of drug-likeness (QED) is 0.456. The van der Waals surface area contributed by atoms with Crippen molar-refractivity contribution in [1.82, 2.24) is 24.4 Å². The SMILES string of the molecule is c1ccc(-c2c(-c3ccc4c(c3)CCC4)nc3ccc(-n4cccn4)nn23)cc1. The monoisotopic (exact) mass is 377 g/mol. The van der Waals surface area contributed by atoms with Crippen molar-refractivity contribution in [2.24, 2.45) is 0 Å². The molecule has 6 rings (SSSR count). The Morgan fingerprint density at radius 3 is 2.55 bits per heavy atom. The van der Waals surface area contributed by atoms with Gasteiger partial charge in [-0.3, -0.25) is 0 Å². The van der Waals surface area contributed by atoms with Crippen molar-refractivity contribution in [3.05, 3.63) is 90.3 Å². The lowest BCUT2D eigenvalue weighted by molar-refractivity contribution is 0.795. The van der Waals surface area contributed by atoms with Gasteiger partial charge in [0.15, 0.2) is 11.5 Å². The van der Waals surface area contributed by atoms with E-state index in [1.165, 1.54) is 24.0 Å². The van der Waals surface area contributed by atoms with E-state index in [2.05, 4.69) is 47.6 Å². The molecule has 0 amide bonds. The molecule has 0 atom stereocenters. The molecule has 0 fully saturated rings. The van der Waals surface area contributed by atoms with Gasteiger partial charge in [-0.05, 0) is 54.7 Å². The summed E-state index contributed by atoms with van der Waals surface area (Å²) >= 11 is 0. The minimum atomic E-state index is 0.762. The van der Waals surface area contributed by atoms with Crippen LogP contribution in [-0.4, -0.2) is 24.4 Å². The number of aromatic nitrogens is 5. The summed E-state index contributed by atoms with van der Waals surface area (Å²) in [4.78, 5) is 4.98. The van der Waals surface area contributed by atoms with Gasteiger partial charge >= 0.3 is 0 Å². The first-order chi connectivity index (χ1) is 14.4. The first kappa shape index (κ1) is 16.2. The van der Waals surface area contributed by atoms with E-state index in [0.29, 0.717) is 0 Å². The van der Waals surface area contributed by atoms with Crippen LogP contribution in [0.1, 0.15) is 17.5 Å². The van der Waals surface area contributed by atoms with Crippen molar-refractivity contribution in [3.63, 3.8) is 0 Å². The van der Waals surface area contributed by atoms with E-state index < -0.39 is 0 Å². The van der Waals surface area contributed by atoms with Crippen LogP contribution in [0.3, 0.4) is 0 Å². The van der Waals surface area contributed by atoms with E-state index >= 15 is 0 Å². The second-order valence-corrected chi connectivity index (χ2v) is 7.42. The largest absolute Gasteiger partial charge is 0.226 e. The van der Waals surface area contributed by atoms with Crippen LogP contribution < -0.4 is 0 Å². The fourth-order valence-corrected chi connectivity index (χ4v) is 4.23. The number of fused-ring (bicyclic) bond motifs is 2. The van der Waals surface area contributed by atoms with Crippen molar-refractivity contribution >= 4 is 5.65 Å². The summed E-state index contributed by atoms with van der Waals surface area (Å²) in [6.45, 7) is 0. The fraction of sp³-hybridized carbons (Fsp3) is 0.125. The maximum atomic E-state index is 4.98. The predicted octanol–water partition coefficient (Wildman–Crippen LogP) is 4.74. The van der Waals surface area contributed by atoms with Crippen LogP contribution in [0.2, 0.25) is 0 Å². The van der Waals surface area contributed by atoms with Gasteiger partial charge in [0.05, 0.1) is 5.69 Å². The Balaban J connectivity index is 1.62. The fourth-order valence-electron chi connectivity index (χ4n) is 4.23. The van der Waals surface area contributed by atoms with Gasteiger partial charge in [0.2, 0.25) is 0 Å². The smallest absolute Gasteiger partial charge is 0.174 e. The highest BCUT2D eigenvalue weighted by molar-refractivity contribution is 5.82. The zero-order valence-corrected chi connectivity index (χ0v) is 15.9. The number of hydrogen-bond donors (Lipinski definition) is 0. The molecule has 0 unspecified atom stereocenters. The summed E-state index contributed by atoms with van der Waals surface area (Å²) in [6.07, 6.45) is 7.23. The predicted molar refractivity (Wildman–Crippen MR) is 113 cm³/mol. The average molecular weight is 377 g/mol. The number of imidazole rings is 1. The molecule has 0 N–H and O–H groups in total. The van der Waals surface area contributed by atoms with Gasteiger partial charge in [-0.15, -0.1) is 5.10 Å². The Morgan fingerprint density at radius 2 is 1.69 bits per heavy atom. The van der Waals surface area contributed by atoms with Gasteiger partial charge in [-0.1, -0.05) is 42.5 Å². The molecule has 0 saturated heterocycles. The van der Waals surface area contributed by atoms with Crippen LogP contribution in [0.25, 0.3) is 34.0 Å². The molecule has 5 heteroatoms. The summed E-state index contributed by atoms with van der Waals surface area (Å²) in [5.41, 5.74) is 7.97. The molecule has 0 saturated carbocycles. The Hall–Kier alpha value is -3.73. The third-order valence-corrected chi connectivity index (χ3v) is 5.62. The molecule has 5 aromatic rings. The van der Waals surface area contributed by atoms with Gasteiger partial charge in [0.25, 0.3) is 0 Å². The van der Waals surface area contributed by atoms with E-state index in [4.69, 9.17) is 10.1 Å². The van der Waals surface area contributed by atoms with Crippen LogP contribution in [0.4, 0.5) is 0 Å². The lowest BCUT2D eigenvalue weighted by Gasteiger charge is -2.08. The molecule has 0 bridgehead atoms. The summed E-state index contributed by atoms with van der Waals surface area (Å²) < 4.78 is 3.71. The number of hydrogen-bond acceptors (Lipinski definition) is 3. The van der Waals surface area contributed by atoms with Gasteiger partial charge in [-0.25, -0.2) is 14.2 Å². The Bertz CT molecular complexity index is 1320. The van der Waals surface area contributed by atoms with Gasteiger partial charge in [-0.2, -0.15) is 5.10 Å². The minimum Gasteiger partial charge on any atom is -0.226 e. The Kier molecular flexibility index (Phi) is 3.59. The van der Waals surface area contributed by atoms with Crippen molar-refractivity contribution in [3.8, 4) is 28.3 Å². The normalized spacial score (nSPS) is 13.1. The van der Waals surface area contributed by atoms with Crippen LogP contribution >= 0.6 is 0 Å². The third-order valence-electron chi connectivity index (χ3n) is 5.62. The summed E-state index contributed by atoms with van der Waals surface area (Å²) in [5.74, 6) is 0.762. The minimum absolute atomic E-state index is 0.762. The first-order valence-electron chi connectivity index (χ1n) is 9.94. The van der Waals surface area contributed by atoms with Crippen molar-refractivity contribution in [2.75, 3.05) is 0 Å². The van der Waals surface area contributed by atoms with Crippen molar-refractivity contribution < 1.29 is 0 Å². The van der Waals surface area contributed by atoms with E-state index in [1.54, 1.807) is 10.9 Å². The molecule has 5 nitrogen and oxygen atoms in total. The number of benzene rings is 2. The van der Waals surface area contributed by atoms with Crippen LogP contribution in [0.5, 0.6) is 0 Å². The maximum Gasteiger partial charge on any atom is 0.174 e.